The molecule has 1 fully saturated rings. The lowest BCUT2D eigenvalue weighted by molar-refractivity contribution is -0.351. The maximum Gasteiger partial charge on any atom is 0.573 e. The van der Waals surface area contributed by atoms with E-state index < -0.39 is 53.6 Å². The Bertz CT molecular complexity index is 1100. The van der Waals surface area contributed by atoms with Gasteiger partial charge in [-0.2, -0.15) is 0 Å². The number of halogens is 8. The Hall–Kier alpha value is -3.20. The third-order valence-corrected chi connectivity index (χ3v) is 5.66. The lowest BCUT2D eigenvalue weighted by Gasteiger charge is -2.43. The van der Waals surface area contributed by atoms with Crippen LogP contribution in [-0.4, -0.2) is 52.3 Å². The van der Waals surface area contributed by atoms with Gasteiger partial charge in [-0.3, -0.25) is 19.2 Å². The molecule has 0 aliphatic heterocycles. The first-order valence-corrected chi connectivity index (χ1v) is 10.8. The Balaban J connectivity index is 1.97. The molecule has 2 atom stereocenters. The van der Waals surface area contributed by atoms with Crippen LogP contribution in [-0.2, 0) is 19.9 Å². The molecule has 3 rings (SSSR count). The molecule has 1 N–H and O–H groups in total. The van der Waals surface area contributed by atoms with Crippen molar-refractivity contribution in [2.75, 3.05) is 4.90 Å². The molecule has 1 aliphatic carbocycles. The molecule has 1 heterocycles. The molecule has 202 valence electrons. The first-order chi connectivity index (χ1) is 17.1. The van der Waals surface area contributed by atoms with E-state index in [2.05, 4.69) is 24.8 Å². The van der Waals surface area contributed by atoms with Crippen molar-refractivity contribution in [1.29, 1.82) is 0 Å². The van der Waals surface area contributed by atoms with E-state index in [0.29, 0.717) is 4.90 Å². The summed E-state index contributed by atoms with van der Waals surface area (Å²) in [4.78, 5) is 34.6. The van der Waals surface area contributed by atoms with E-state index in [0.717, 1.165) is 43.0 Å². The van der Waals surface area contributed by atoms with Crippen molar-refractivity contribution in [1.82, 2.24) is 15.3 Å². The van der Waals surface area contributed by atoms with Crippen LogP contribution in [0.2, 0.25) is 0 Å². The van der Waals surface area contributed by atoms with Crippen molar-refractivity contribution in [3.63, 3.8) is 0 Å². The third kappa shape index (κ3) is 6.97. The van der Waals surface area contributed by atoms with Crippen LogP contribution < -0.4 is 15.0 Å². The molecule has 0 unspecified atom stereocenters. The number of benzene rings is 1. The molecule has 2 amide bonds. The van der Waals surface area contributed by atoms with Gasteiger partial charge in [-0.25, -0.2) is 14.4 Å². The van der Waals surface area contributed by atoms with Gasteiger partial charge in [0.15, 0.2) is 5.54 Å². The normalized spacial score (nSPS) is 20.2. The molecular formula is C21H18ClF7N4O4. The van der Waals surface area contributed by atoms with Gasteiger partial charge in [-0.15, -0.1) is 26.3 Å². The molecule has 8 nitrogen and oxygen atoms in total. The molecule has 1 aliphatic rings. The number of carbonyl (C=O) groups is 2. The highest BCUT2D eigenvalue weighted by atomic mass is 35.5. The van der Waals surface area contributed by atoms with Crippen molar-refractivity contribution in [2.45, 2.75) is 55.8 Å². The monoisotopic (exact) mass is 558 g/mol. The summed E-state index contributed by atoms with van der Waals surface area (Å²) in [5, 5.41) is 2.48. The van der Waals surface area contributed by atoms with Crippen molar-refractivity contribution in [2.24, 2.45) is 0 Å². The highest BCUT2D eigenvalue weighted by molar-refractivity contribution is 6.32. The van der Waals surface area contributed by atoms with Crippen LogP contribution in [0, 0.1) is 0 Å². The Morgan fingerprint density at radius 2 is 1.62 bits per heavy atom. The van der Waals surface area contributed by atoms with Crippen LogP contribution in [0.25, 0.3) is 0 Å². The highest BCUT2D eigenvalue weighted by Gasteiger charge is 2.49. The average molecular weight is 559 g/mol. The quantitative estimate of drug-likeness (QED) is 0.383. The summed E-state index contributed by atoms with van der Waals surface area (Å²) in [6.07, 6.45) is -8.12. The summed E-state index contributed by atoms with van der Waals surface area (Å²) in [5.74, 6) is -3.09. The van der Waals surface area contributed by atoms with E-state index in [1.165, 1.54) is 6.92 Å². The minimum Gasteiger partial charge on any atom is -0.406 e. The van der Waals surface area contributed by atoms with Crippen LogP contribution in [0.15, 0.2) is 43.0 Å². The molecule has 1 aromatic carbocycles. The second-order valence-corrected chi connectivity index (χ2v) is 8.43. The van der Waals surface area contributed by atoms with E-state index in [-0.39, 0.29) is 24.1 Å². The fraction of sp³-hybridized carbons (Fsp3) is 0.429. The van der Waals surface area contributed by atoms with E-state index in [9.17, 15) is 40.3 Å². The number of amides is 2. The minimum atomic E-state index is -5.01. The Morgan fingerprint density at radius 3 is 2.11 bits per heavy atom. The average Bonchev–Trinajstić information content (AvgIpc) is 2.77. The molecule has 0 radical (unpaired) electrons. The molecular weight excluding hydrogens is 541 g/mol. The summed E-state index contributed by atoms with van der Waals surface area (Å²) < 4.78 is 96.7. The second-order valence-electron chi connectivity index (χ2n) is 8.04. The number of carbonyl (C=O) groups excluding carboxylic acids is 2. The van der Waals surface area contributed by atoms with Gasteiger partial charge in [-0.1, -0.05) is 11.6 Å². The van der Waals surface area contributed by atoms with Gasteiger partial charge in [0.25, 0.3) is 17.4 Å². The van der Waals surface area contributed by atoms with Crippen LogP contribution >= 0.6 is 11.6 Å². The number of nitrogens with one attached hydrogen (secondary N) is 1. The van der Waals surface area contributed by atoms with Gasteiger partial charge in [0.1, 0.15) is 12.1 Å². The molecule has 1 aromatic heterocycles. The fourth-order valence-electron chi connectivity index (χ4n) is 3.71. The number of nitrogens with zero attached hydrogens (tertiary/aromatic N) is 3. The lowest BCUT2D eigenvalue weighted by Crippen LogP contribution is -2.61. The van der Waals surface area contributed by atoms with Gasteiger partial charge in [0.2, 0.25) is 0 Å². The largest absolute Gasteiger partial charge is 0.573 e. The molecule has 16 heteroatoms. The summed E-state index contributed by atoms with van der Waals surface area (Å²) in [5.41, 5.74) is -5.15. The van der Waals surface area contributed by atoms with Crippen molar-refractivity contribution < 1.29 is 49.8 Å². The van der Waals surface area contributed by atoms with Gasteiger partial charge in [0.05, 0.1) is 6.10 Å². The Morgan fingerprint density at radius 1 is 1.05 bits per heavy atom. The van der Waals surface area contributed by atoms with Gasteiger partial charge in [-0.05, 0) is 44.0 Å². The smallest absolute Gasteiger partial charge is 0.406 e. The summed E-state index contributed by atoms with van der Waals surface area (Å²) in [6.45, 7) is 1.17. The Labute approximate surface area is 209 Å². The van der Waals surface area contributed by atoms with Crippen LogP contribution in [0.1, 0.15) is 25.3 Å². The first kappa shape index (κ1) is 28.4. The summed E-state index contributed by atoms with van der Waals surface area (Å²) in [6, 6.07) is 2.79. The first-order valence-electron chi connectivity index (χ1n) is 10.4. The molecule has 0 saturated heterocycles. The van der Waals surface area contributed by atoms with E-state index in [4.69, 9.17) is 11.6 Å². The number of hydrogen-bond donors (Lipinski definition) is 1. The zero-order chi connectivity index (χ0) is 27.6. The maximum absolute atomic E-state index is 14.1. The van der Waals surface area contributed by atoms with Crippen molar-refractivity contribution >= 4 is 29.1 Å². The molecule has 37 heavy (non-hydrogen) atoms. The summed E-state index contributed by atoms with van der Waals surface area (Å²) >= 11 is 5.40. The van der Waals surface area contributed by atoms with Crippen molar-refractivity contribution in [3.8, 4) is 5.75 Å². The van der Waals surface area contributed by atoms with Crippen LogP contribution in [0.5, 0.6) is 5.75 Å². The number of rotatable bonds is 8. The molecule has 0 spiro atoms. The molecule has 1 saturated carbocycles. The molecule has 2 aromatic rings. The number of hydrogen-bond acceptors (Lipinski definition) is 6. The zero-order valence-corrected chi connectivity index (χ0v) is 19.4. The predicted molar refractivity (Wildman–Crippen MR) is 113 cm³/mol. The number of ether oxygens (including phenoxy) is 2. The number of aromatic nitrogens is 2. The minimum absolute atomic E-state index is 0.0591. The second kappa shape index (κ2) is 10.7. The third-order valence-electron chi connectivity index (χ3n) is 5.48. The highest BCUT2D eigenvalue weighted by Crippen LogP contribution is 2.37. The van der Waals surface area contributed by atoms with Gasteiger partial charge in [0, 0.05) is 29.7 Å². The Kier molecular flexibility index (Phi) is 8.17. The van der Waals surface area contributed by atoms with E-state index in [1.807, 2.05) is 0 Å². The van der Waals surface area contributed by atoms with Crippen LogP contribution in [0.4, 0.5) is 36.4 Å². The lowest BCUT2D eigenvalue weighted by atomic mass is 9.85. The van der Waals surface area contributed by atoms with Crippen molar-refractivity contribution in [3.05, 3.63) is 48.5 Å². The van der Waals surface area contributed by atoms with E-state index >= 15 is 0 Å². The predicted octanol–water partition coefficient (Wildman–Crippen LogP) is 4.34. The maximum atomic E-state index is 14.1. The van der Waals surface area contributed by atoms with Gasteiger partial charge >= 0.3 is 12.7 Å². The topological polar surface area (TPSA) is 93.6 Å². The standard InChI is InChI=1S/C21H18ClF7N4O4/c1-19(11-8-30-10-31-9-11,18(35)32-12-6-15(7-12)37-21(27,28)29)33(17(34)16(22)23)13-2-4-14(5-3-13)36-20(24,25)26/h2-5,8-10,12,15-16H,6-7H2,1H3,(H,32,35)/t12?,15?,16-,19-/m0/s1. The van der Waals surface area contributed by atoms with Gasteiger partial charge < -0.3 is 10.1 Å². The fourth-order valence-corrected chi connectivity index (χ4v) is 3.80. The van der Waals surface area contributed by atoms with Crippen LogP contribution in [0.3, 0.4) is 0 Å². The zero-order valence-electron chi connectivity index (χ0n) is 18.7. The number of alkyl halides is 8. The SMILES string of the molecule is C[C@@](C(=O)NC1CC(OC(F)(F)F)C1)(c1cncnc1)N(C(=O)[C@H](F)Cl)c1ccc(OC(F)(F)F)cc1. The number of anilines is 1. The summed E-state index contributed by atoms with van der Waals surface area (Å²) in [7, 11) is 0. The molecule has 0 bridgehead atoms. The van der Waals surface area contributed by atoms with E-state index in [1.54, 1.807) is 0 Å².